The summed E-state index contributed by atoms with van der Waals surface area (Å²) in [4.78, 5) is 38.1. The van der Waals surface area contributed by atoms with Gasteiger partial charge in [0.25, 0.3) is 0 Å². The van der Waals surface area contributed by atoms with Crippen molar-refractivity contribution in [3.63, 3.8) is 0 Å². The highest BCUT2D eigenvalue weighted by Gasteiger charge is 2.19. The van der Waals surface area contributed by atoms with Gasteiger partial charge in [-0.2, -0.15) is 0 Å². The Hall–Kier alpha value is -3.15. The van der Waals surface area contributed by atoms with E-state index in [2.05, 4.69) is 93.7 Å². The summed E-state index contributed by atoms with van der Waals surface area (Å²) < 4.78 is 16.9. The van der Waals surface area contributed by atoms with Crippen LogP contribution >= 0.6 is 0 Å². The molecule has 0 aromatic heterocycles. The van der Waals surface area contributed by atoms with Crippen molar-refractivity contribution in [3.05, 3.63) is 72.9 Å². The molecule has 83 heavy (non-hydrogen) atoms. The van der Waals surface area contributed by atoms with Crippen LogP contribution in [0.4, 0.5) is 0 Å². The number of carbonyl (C=O) groups is 3. The van der Waals surface area contributed by atoms with Crippen LogP contribution in [-0.2, 0) is 28.6 Å². The fourth-order valence-electron chi connectivity index (χ4n) is 10.8. The summed E-state index contributed by atoms with van der Waals surface area (Å²) in [6, 6.07) is 0. The normalized spacial score (nSPS) is 12.5. The second-order valence-corrected chi connectivity index (χ2v) is 24.5. The molecule has 0 aliphatic rings. The third-order valence-corrected chi connectivity index (χ3v) is 16.2. The van der Waals surface area contributed by atoms with Crippen LogP contribution in [0.3, 0.4) is 0 Å². The fourth-order valence-corrected chi connectivity index (χ4v) is 10.8. The van der Waals surface area contributed by atoms with Crippen molar-refractivity contribution in [2.24, 2.45) is 0 Å². The van der Waals surface area contributed by atoms with Crippen LogP contribution in [-0.4, -0.2) is 37.2 Å². The van der Waals surface area contributed by atoms with Crippen molar-refractivity contribution in [1.82, 2.24) is 0 Å². The van der Waals surface area contributed by atoms with Gasteiger partial charge in [0.05, 0.1) is 0 Å². The lowest BCUT2D eigenvalue weighted by atomic mass is 10.0. The molecule has 0 heterocycles. The number of rotatable bonds is 67. The van der Waals surface area contributed by atoms with Gasteiger partial charge < -0.3 is 14.2 Å². The predicted octanol–water partition coefficient (Wildman–Crippen LogP) is 25.2. The maximum atomic E-state index is 12.9. The molecule has 0 rings (SSSR count). The quantitative estimate of drug-likeness (QED) is 0.0261. The van der Waals surface area contributed by atoms with Gasteiger partial charge in [0.2, 0.25) is 0 Å². The lowest BCUT2D eigenvalue weighted by Crippen LogP contribution is -2.30. The number of hydrogen-bond acceptors (Lipinski definition) is 6. The minimum Gasteiger partial charge on any atom is -0.462 e. The number of carbonyl (C=O) groups excluding carboxylic acids is 3. The molecule has 0 spiro atoms. The summed E-state index contributed by atoms with van der Waals surface area (Å²) in [6.07, 6.45) is 94.2. The van der Waals surface area contributed by atoms with Gasteiger partial charge >= 0.3 is 17.9 Å². The molecule has 6 heteroatoms. The Balaban J connectivity index is 3.96. The molecule has 0 N–H and O–H groups in total. The number of allylic oxidation sites excluding steroid dienone is 12. The molecule has 0 aliphatic carbocycles. The number of hydrogen-bond donors (Lipinski definition) is 0. The van der Waals surface area contributed by atoms with E-state index in [0.717, 1.165) is 96.3 Å². The molecular formula is C77H138O6. The van der Waals surface area contributed by atoms with E-state index in [1.165, 1.54) is 244 Å². The summed E-state index contributed by atoms with van der Waals surface area (Å²) in [5.74, 6) is -0.855. The average molecular weight is 1160 g/mol. The lowest BCUT2D eigenvalue weighted by molar-refractivity contribution is -0.167. The highest BCUT2D eigenvalue weighted by Crippen LogP contribution is 2.19. The van der Waals surface area contributed by atoms with Crippen LogP contribution in [0.2, 0.25) is 0 Å². The van der Waals surface area contributed by atoms with Crippen molar-refractivity contribution < 1.29 is 28.6 Å². The van der Waals surface area contributed by atoms with Crippen LogP contribution < -0.4 is 0 Å². The molecule has 0 saturated heterocycles. The summed E-state index contributed by atoms with van der Waals surface area (Å²) in [6.45, 7) is 6.53. The first-order valence-electron chi connectivity index (χ1n) is 36.4. The maximum Gasteiger partial charge on any atom is 0.306 e. The molecule has 0 amide bonds. The molecule has 1 unspecified atom stereocenters. The predicted molar refractivity (Wildman–Crippen MR) is 362 cm³/mol. The fraction of sp³-hybridized carbons (Fsp3) is 0.805. The maximum absolute atomic E-state index is 12.9. The van der Waals surface area contributed by atoms with E-state index < -0.39 is 6.10 Å². The van der Waals surface area contributed by atoms with Gasteiger partial charge in [0.1, 0.15) is 13.2 Å². The highest BCUT2D eigenvalue weighted by molar-refractivity contribution is 5.71. The Labute approximate surface area is 516 Å². The van der Waals surface area contributed by atoms with E-state index >= 15 is 0 Å². The Kier molecular flexibility index (Phi) is 68.6. The van der Waals surface area contributed by atoms with E-state index in [0.29, 0.717) is 19.3 Å². The first-order valence-corrected chi connectivity index (χ1v) is 36.4. The third-order valence-electron chi connectivity index (χ3n) is 16.2. The van der Waals surface area contributed by atoms with Crippen molar-refractivity contribution in [2.75, 3.05) is 13.2 Å². The van der Waals surface area contributed by atoms with Crippen LogP contribution in [0.1, 0.15) is 380 Å². The largest absolute Gasteiger partial charge is 0.462 e. The third kappa shape index (κ3) is 69.5. The van der Waals surface area contributed by atoms with Gasteiger partial charge in [0, 0.05) is 19.3 Å². The van der Waals surface area contributed by atoms with Crippen LogP contribution in [0.25, 0.3) is 0 Å². The summed E-state index contributed by atoms with van der Waals surface area (Å²) in [5.41, 5.74) is 0. The number of esters is 3. The topological polar surface area (TPSA) is 78.9 Å². The zero-order valence-corrected chi connectivity index (χ0v) is 55.5. The standard InChI is InChI=1S/C77H138O6/c1-4-7-10-13-16-18-20-22-24-26-28-30-32-34-35-36-37-38-39-40-41-42-43-44-46-47-49-51-53-55-57-59-61-64-67-70-76(79)82-73-74(72-81-75(78)69-66-63-15-12-9-6-3)83-77(80)71-68-65-62-60-58-56-54-52-50-48-45-33-31-29-27-25-23-21-19-17-14-11-8-5-2/h7,10,16,18,22,24,28,30,34-35,37-38,74H,4-6,8-9,11-15,17,19-21,23,25-27,29,31-33,36,39-73H2,1-3H3/b10-7-,18-16-,24-22-,30-28-,35-34-,38-37-. The van der Waals surface area contributed by atoms with E-state index in [-0.39, 0.29) is 31.1 Å². The second kappa shape index (κ2) is 71.3. The number of ether oxygens (including phenoxy) is 3. The van der Waals surface area contributed by atoms with Crippen molar-refractivity contribution in [2.45, 2.75) is 386 Å². The molecule has 1 atom stereocenters. The van der Waals surface area contributed by atoms with Gasteiger partial charge in [0.15, 0.2) is 6.10 Å². The van der Waals surface area contributed by atoms with Crippen molar-refractivity contribution in [1.29, 1.82) is 0 Å². The van der Waals surface area contributed by atoms with Gasteiger partial charge in [-0.05, 0) is 70.6 Å². The Morgan fingerprint density at radius 1 is 0.253 bits per heavy atom. The SMILES string of the molecule is CC/C=C\C/C=C\C/C=C\C/C=C\C/C=C\C/C=C\CCCCCCCCCCCCCCCCCCC(=O)OCC(COC(=O)CCCCCCCC)OC(=O)CCCCCCCCCCCCCCCCCCCCCCCCCC. The van der Waals surface area contributed by atoms with E-state index in [1.54, 1.807) is 0 Å². The monoisotopic (exact) mass is 1160 g/mol. The smallest absolute Gasteiger partial charge is 0.306 e. The second-order valence-electron chi connectivity index (χ2n) is 24.5. The first-order chi connectivity index (χ1) is 41.0. The molecule has 0 fully saturated rings. The Bertz CT molecular complexity index is 1520. The van der Waals surface area contributed by atoms with Gasteiger partial charge in [-0.25, -0.2) is 0 Å². The van der Waals surface area contributed by atoms with Gasteiger partial charge in [-0.3, -0.25) is 14.4 Å². The van der Waals surface area contributed by atoms with E-state index in [9.17, 15) is 14.4 Å². The van der Waals surface area contributed by atoms with Crippen LogP contribution in [0.15, 0.2) is 72.9 Å². The average Bonchev–Trinajstić information content (AvgIpc) is 3.48. The Morgan fingerprint density at radius 3 is 0.735 bits per heavy atom. The highest BCUT2D eigenvalue weighted by atomic mass is 16.6. The summed E-state index contributed by atoms with van der Waals surface area (Å²) in [5, 5.41) is 0. The Morgan fingerprint density at radius 2 is 0.470 bits per heavy atom. The molecule has 482 valence electrons. The van der Waals surface area contributed by atoms with Crippen LogP contribution in [0.5, 0.6) is 0 Å². The minimum absolute atomic E-state index is 0.0688. The summed E-state index contributed by atoms with van der Waals surface area (Å²) in [7, 11) is 0. The molecular weight excluding hydrogens is 1020 g/mol. The van der Waals surface area contributed by atoms with Gasteiger partial charge in [-0.15, -0.1) is 0 Å². The lowest BCUT2D eigenvalue weighted by Gasteiger charge is -2.18. The molecule has 0 aliphatic heterocycles. The zero-order chi connectivity index (χ0) is 59.9. The van der Waals surface area contributed by atoms with Crippen molar-refractivity contribution >= 4 is 17.9 Å². The van der Waals surface area contributed by atoms with E-state index in [1.807, 2.05) is 0 Å². The zero-order valence-electron chi connectivity index (χ0n) is 55.5. The summed E-state index contributed by atoms with van der Waals surface area (Å²) >= 11 is 0. The molecule has 0 radical (unpaired) electrons. The molecule has 0 saturated carbocycles. The molecule has 0 bridgehead atoms. The van der Waals surface area contributed by atoms with Crippen molar-refractivity contribution in [3.8, 4) is 0 Å². The minimum atomic E-state index is -0.769. The first kappa shape index (κ1) is 79.8. The molecule has 0 aromatic rings. The van der Waals surface area contributed by atoms with Gasteiger partial charge in [-0.1, -0.05) is 363 Å². The van der Waals surface area contributed by atoms with Crippen LogP contribution in [0, 0.1) is 0 Å². The van der Waals surface area contributed by atoms with E-state index in [4.69, 9.17) is 14.2 Å². The molecule has 6 nitrogen and oxygen atoms in total. The molecule has 0 aromatic carbocycles. The number of unbranched alkanes of at least 4 members (excludes halogenated alkanes) is 44.